The van der Waals surface area contributed by atoms with Crippen molar-refractivity contribution in [3.63, 3.8) is 0 Å². The van der Waals surface area contributed by atoms with Gasteiger partial charge in [-0.3, -0.25) is 0 Å². The summed E-state index contributed by atoms with van der Waals surface area (Å²) in [5.41, 5.74) is 0. The summed E-state index contributed by atoms with van der Waals surface area (Å²) in [6.45, 7) is 4.78. The molecule has 1 heterocycles. The van der Waals surface area contributed by atoms with Crippen molar-refractivity contribution < 1.29 is 8.42 Å². The first-order valence-electron chi connectivity index (χ1n) is 4.22. The van der Waals surface area contributed by atoms with Gasteiger partial charge in [0.05, 0.1) is 4.91 Å². The molecule has 1 aliphatic rings. The van der Waals surface area contributed by atoms with Gasteiger partial charge in [0.15, 0.2) is 0 Å². The molecule has 12 heavy (non-hydrogen) atoms. The smallest absolute Gasteiger partial charge is 0.207 e. The molecule has 1 fully saturated rings. The summed E-state index contributed by atoms with van der Waals surface area (Å²) in [6, 6.07) is 0. The molecule has 0 aliphatic carbocycles. The Labute approximate surface area is 74.1 Å². The van der Waals surface area contributed by atoms with Gasteiger partial charge < -0.3 is 0 Å². The first kappa shape index (κ1) is 9.74. The van der Waals surface area contributed by atoms with Gasteiger partial charge >= 0.3 is 0 Å². The fraction of sp³-hybridized carbons (Fsp3) is 0.750. The van der Waals surface area contributed by atoms with Crippen LogP contribution in [-0.2, 0) is 10.0 Å². The quantitative estimate of drug-likeness (QED) is 0.657. The molecule has 0 unspecified atom stereocenters. The zero-order chi connectivity index (χ0) is 9.19. The van der Waals surface area contributed by atoms with Crippen LogP contribution in [0, 0.1) is 0 Å². The van der Waals surface area contributed by atoms with Gasteiger partial charge in [0.2, 0.25) is 10.0 Å². The minimum absolute atomic E-state index is 0.462. The van der Waals surface area contributed by atoms with Crippen molar-refractivity contribution in [2.24, 2.45) is 0 Å². The van der Waals surface area contributed by atoms with Gasteiger partial charge in [-0.15, -0.1) is 0 Å². The second-order valence-corrected chi connectivity index (χ2v) is 5.12. The van der Waals surface area contributed by atoms with Crippen LogP contribution in [0.25, 0.3) is 0 Å². The van der Waals surface area contributed by atoms with Crippen molar-refractivity contribution in [2.75, 3.05) is 13.1 Å². The van der Waals surface area contributed by atoms with Gasteiger partial charge in [0, 0.05) is 13.1 Å². The Morgan fingerprint density at radius 2 is 1.83 bits per heavy atom. The van der Waals surface area contributed by atoms with Crippen LogP contribution in [0.2, 0.25) is 0 Å². The van der Waals surface area contributed by atoms with Gasteiger partial charge in [-0.25, -0.2) is 8.42 Å². The summed E-state index contributed by atoms with van der Waals surface area (Å²) in [5.74, 6) is 0. The van der Waals surface area contributed by atoms with Crippen LogP contribution < -0.4 is 0 Å². The first-order chi connectivity index (χ1) is 5.59. The average Bonchev–Trinajstić information content (AvgIpc) is 2.55. The van der Waals surface area contributed by atoms with E-state index in [1.54, 1.807) is 24.2 Å². The topological polar surface area (TPSA) is 37.4 Å². The van der Waals surface area contributed by atoms with Crippen molar-refractivity contribution in [1.29, 1.82) is 0 Å². The minimum Gasteiger partial charge on any atom is -0.207 e. The molecule has 0 aromatic heterocycles. The number of sulfonamides is 1. The van der Waals surface area contributed by atoms with Gasteiger partial charge in [-0.2, -0.15) is 4.31 Å². The molecule has 0 atom stereocenters. The maximum Gasteiger partial charge on any atom is 0.238 e. The van der Waals surface area contributed by atoms with Gasteiger partial charge in [-0.05, 0) is 26.7 Å². The van der Waals surface area contributed by atoms with E-state index in [1.807, 2.05) is 0 Å². The molecule has 4 heteroatoms. The van der Waals surface area contributed by atoms with E-state index in [0.29, 0.717) is 18.0 Å². The second kappa shape index (κ2) is 3.58. The Balaban J connectivity index is 2.85. The minimum atomic E-state index is -3.09. The van der Waals surface area contributed by atoms with E-state index in [-0.39, 0.29) is 0 Å². The van der Waals surface area contributed by atoms with Crippen LogP contribution in [0.4, 0.5) is 0 Å². The molecule has 0 N–H and O–H groups in total. The monoisotopic (exact) mass is 189 g/mol. The van der Waals surface area contributed by atoms with Crippen LogP contribution >= 0.6 is 0 Å². The maximum absolute atomic E-state index is 11.6. The summed E-state index contributed by atoms with van der Waals surface area (Å²) in [6.07, 6.45) is 3.64. The molecule has 1 saturated heterocycles. The second-order valence-electron chi connectivity index (χ2n) is 3.01. The van der Waals surface area contributed by atoms with Crippen LogP contribution in [0.15, 0.2) is 11.0 Å². The molecule has 3 nitrogen and oxygen atoms in total. The fourth-order valence-corrected chi connectivity index (χ4v) is 2.73. The SMILES string of the molecule is C/C=C(\C)S(=O)(=O)N1CCCC1. The Bertz CT molecular complexity index is 273. The van der Waals surface area contributed by atoms with Crippen molar-refractivity contribution in [3.05, 3.63) is 11.0 Å². The lowest BCUT2D eigenvalue weighted by Gasteiger charge is -2.15. The third kappa shape index (κ3) is 1.69. The summed E-state index contributed by atoms with van der Waals surface area (Å²) < 4.78 is 24.8. The molecule has 1 rings (SSSR count). The third-order valence-electron chi connectivity index (χ3n) is 2.22. The van der Waals surface area contributed by atoms with Crippen molar-refractivity contribution in [1.82, 2.24) is 4.31 Å². The Morgan fingerprint density at radius 3 is 2.25 bits per heavy atom. The van der Waals surface area contributed by atoms with E-state index in [9.17, 15) is 8.42 Å². The van der Waals surface area contributed by atoms with E-state index < -0.39 is 10.0 Å². The summed E-state index contributed by atoms with van der Waals surface area (Å²) >= 11 is 0. The predicted octanol–water partition coefficient (Wildman–Crippen LogP) is 1.34. The molecule has 0 spiro atoms. The lowest BCUT2D eigenvalue weighted by molar-refractivity contribution is 0.483. The van der Waals surface area contributed by atoms with Crippen molar-refractivity contribution in [2.45, 2.75) is 26.7 Å². The predicted molar refractivity (Wildman–Crippen MR) is 49.2 cm³/mol. The standard InChI is InChI=1S/C8H15NO2S/c1-3-8(2)12(10,11)9-6-4-5-7-9/h3H,4-7H2,1-2H3/b8-3+. The van der Waals surface area contributed by atoms with E-state index in [4.69, 9.17) is 0 Å². The number of nitrogens with zero attached hydrogens (tertiary/aromatic N) is 1. The van der Waals surface area contributed by atoms with Gasteiger partial charge in [0.1, 0.15) is 0 Å². The van der Waals surface area contributed by atoms with Gasteiger partial charge in [0.25, 0.3) is 0 Å². The van der Waals surface area contributed by atoms with Crippen LogP contribution in [0.3, 0.4) is 0 Å². The Kier molecular flexibility index (Phi) is 2.90. The van der Waals surface area contributed by atoms with Crippen molar-refractivity contribution >= 4 is 10.0 Å². The molecule has 1 aliphatic heterocycles. The molecule has 0 radical (unpaired) electrons. The highest BCUT2D eigenvalue weighted by molar-refractivity contribution is 7.93. The number of rotatable bonds is 2. The van der Waals surface area contributed by atoms with E-state index in [2.05, 4.69) is 0 Å². The zero-order valence-corrected chi connectivity index (χ0v) is 8.39. The maximum atomic E-state index is 11.6. The average molecular weight is 189 g/mol. The zero-order valence-electron chi connectivity index (χ0n) is 7.58. The highest BCUT2D eigenvalue weighted by Crippen LogP contribution is 2.18. The van der Waals surface area contributed by atoms with Crippen LogP contribution in [0.5, 0.6) is 0 Å². The highest BCUT2D eigenvalue weighted by atomic mass is 32.2. The van der Waals surface area contributed by atoms with Crippen LogP contribution in [-0.4, -0.2) is 25.8 Å². The Morgan fingerprint density at radius 1 is 1.33 bits per heavy atom. The molecule has 0 bridgehead atoms. The normalized spacial score (nSPS) is 21.7. The van der Waals surface area contributed by atoms with E-state index in [1.165, 1.54) is 0 Å². The molecular weight excluding hydrogens is 174 g/mol. The number of allylic oxidation sites excluding steroid dienone is 2. The molecule has 70 valence electrons. The first-order valence-corrected chi connectivity index (χ1v) is 5.66. The van der Waals surface area contributed by atoms with Crippen molar-refractivity contribution in [3.8, 4) is 0 Å². The highest BCUT2D eigenvalue weighted by Gasteiger charge is 2.25. The molecule has 0 saturated carbocycles. The molecule has 0 aromatic carbocycles. The van der Waals surface area contributed by atoms with Gasteiger partial charge in [-0.1, -0.05) is 6.08 Å². The summed E-state index contributed by atoms with van der Waals surface area (Å²) in [4.78, 5) is 0.462. The Hall–Kier alpha value is -0.350. The largest absolute Gasteiger partial charge is 0.238 e. The fourth-order valence-electron chi connectivity index (χ4n) is 1.28. The van der Waals surface area contributed by atoms with Crippen LogP contribution in [0.1, 0.15) is 26.7 Å². The molecular formula is C8H15NO2S. The van der Waals surface area contributed by atoms with E-state index >= 15 is 0 Å². The molecule has 0 aromatic rings. The number of hydrogen-bond donors (Lipinski definition) is 0. The summed E-state index contributed by atoms with van der Waals surface area (Å²) in [5, 5.41) is 0. The molecule has 0 amide bonds. The third-order valence-corrected chi connectivity index (χ3v) is 4.31. The lowest BCUT2D eigenvalue weighted by Crippen LogP contribution is -2.28. The lowest BCUT2D eigenvalue weighted by atomic mass is 10.4. The van der Waals surface area contributed by atoms with E-state index in [0.717, 1.165) is 12.8 Å². The summed E-state index contributed by atoms with van der Waals surface area (Å²) in [7, 11) is -3.09. The number of hydrogen-bond acceptors (Lipinski definition) is 2.